The van der Waals surface area contributed by atoms with Gasteiger partial charge < -0.3 is 14.6 Å². The number of aliphatic hydroxyl groups is 1. The number of rotatable bonds is 16. The third-order valence-electron chi connectivity index (χ3n) is 5.18. The molecule has 0 aliphatic heterocycles. The number of aliphatic hydroxyl groups excluding tert-OH is 1. The van der Waals surface area contributed by atoms with E-state index in [0.717, 1.165) is 4.90 Å². The SMILES string of the molecule is CN(C)CCCN(CC(O)CS(=O)(=O)[O-])S(=O)(=O)C(F)(F)C(F)(F)C(F)(F)C(F)(F)C(F)(F)C(F)(F)C(F)(F)C(F)(F)F.[Na+]. The predicted molar refractivity (Wildman–Crippen MR) is 105 cm³/mol. The molecule has 260 valence electrons. The number of sulfonamides is 1. The van der Waals surface area contributed by atoms with Crippen LogP contribution in [0.2, 0.25) is 0 Å². The quantitative estimate of drug-likeness (QED) is 0.139. The molecule has 0 spiro atoms. The Kier molecular flexibility index (Phi) is 14.1. The van der Waals surface area contributed by atoms with Gasteiger partial charge in [0.2, 0.25) is 0 Å². The van der Waals surface area contributed by atoms with Crippen molar-refractivity contribution in [3.8, 4) is 0 Å². The maximum Gasteiger partial charge on any atom is 1.00 e. The van der Waals surface area contributed by atoms with Gasteiger partial charge >= 0.3 is 76.5 Å². The van der Waals surface area contributed by atoms with Crippen LogP contribution in [0.4, 0.5) is 74.6 Å². The van der Waals surface area contributed by atoms with E-state index in [2.05, 4.69) is 0 Å². The van der Waals surface area contributed by atoms with Gasteiger partial charge in [0.1, 0.15) is 0 Å². The molecule has 0 fully saturated rings. The van der Waals surface area contributed by atoms with Gasteiger partial charge in [-0.2, -0.15) is 78.9 Å². The third kappa shape index (κ3) is 7.98. The van der Waals surface area contributed by atoms with Crippen molar-refractivity contribution in [3.63, 3.8) is 0 Å². The van der Waals surface area contributed by atoms with E-state index in [1.165, 1.54) is 14.1 Å². The maximum atomic E-state index is 14.5. The normalized spacial score (nSPS) is 16.3. The Hall–Kier alpha value is -0.450. The first-order valence-corrected chi connectivity index (χ1v) is 13.4. The van der Waals surface area contributed by atoms with Crippen molar-refractivity contribution in [3.05, 3.63) is 0 Å². The van der Waals surface area contributed by atoms with Crippen LogP contribution < -0.4 is 29.6 Å². The van der Waals surface area contributed by atoms with Gasteiger partial charge in [-0.1, -0.05) is 0 Å². The molecule has 0 rings (SSSR count). The summed E-state index contributed by atoms with van der Waals surface area (Å²) < 4.78 is 285. The zero-order valence-electron chi connectivity index (χ0n) is 21.7. The molecule has 1 unspecified atom stereocenters. The van der Waals surface area contributed by atoms with Crippen LogP contribution in [0.25, 0.3) is 0 Å². The standard InChI is InChI=1S/C16H19F17N2O6S2.Na/c1-34(2)4-3-5-35(6-8(36)7-42(37,38)39)43(40,41)16(32,33)14(27,28)12(23,24)10(19,20)9(17,18)11(21,22)13(25,26)15(29,30)31;/h8,36H,3-7H2,1-2H3,(H,37,38,39);/q;+1/p-1. The molecule has 8 nitrogen and oxygen atoms in total. The first kappa shape index (κ1) is 45.7. The fraction of sp³-hybridized carbons (Fsp3) is 1.00. The maximum absolute atomic E-state index is 14.5. The van der Waals surface area contributed by atoms with Crippen molar-refractivity contribution >= 4 is 20.1 Å². The molecule has 0 aliphatic rings. The Morgan fingerprint density at radius 2 is 0.977 bits per heavy atom. The molecule has 44 heavy (non-hydrogen) atoms. The fourth-order valence-electron chi connectivity index (χ4n) is 2.87. The van der Waals surface area contributed by atoms with E-state index in [4.69, 9.17) is 0 Å². The van der Waals surface area contributed by atoms with Crippen molar-refractivity contribution in [2.75, 3.05) is 39.5 Å². The molecular formula is C16H18F17N2NaO6S2. The Labute approximate surface area is 258 Å². The van der Waals surface area contributed by atoms with E-state index < -0.39 is 109 Å². The van der Waals surface area contributed by atoms with Gasteiger partial charge in [0, 0.05) is 13.1 Å². The van der Waals surface area contributed by atoms with Crippen molar-refractivity contribution in [1.82, 2.24) is 9.21 Å². The molecule has 0 bridgehead atoms. The topological polar surface area (TPSA) is 118 Å². The van der Waals surface area contributed by atoms with Gasteiger partial charge in [0.05, 0.1) is 22.0 Å². The van der Waals surface area contributed by atoms with Gasteiger partial charge in [-0.3, -0.25) is 0 Å². The molecule has 0 aromatic rings. The molecule has 0 radical (unpaired) electrons. The van der Waals surface area contributed by atoms with Crippen molar-refractivity contribution in [2.45, 2.75) is 59.5 Å². The molecule has 1 atom stereocenters. The van der Waals surface area contributed by atoms with Crippen LogP contribution in [0.5, 0.6) is 0 Å². The van der Waals surface area contributed by atoms with Crippen LogP contribution in [0.1, 0.15) is 6.42 Å². The minimum absolute atomic E-state index is 0. The summed E-state index contributed by atoms with van der Waals surface area (Å²) in [6.07, 6.45) is -11.8. The molecule has 0 heterocycles. The van der Waals surface area contributed by atoms with Crippen molar-refractivity contribution < 1.29 is 131 Å². The Bertz CT molecular complexity index is 1200. The first-order chi connectivity index (χ1) is 18.4. The molecule has 0 amide bonds. The predicted octanol–water partition coefficient (Wildman–Crippen LogP) is 0.447. The third-order valence-corrected chi connectivity index (χ3v) is 7.89. The summed E-state index contributed by atoms with van der Waals surface area (Å²) in [5.74, 6) is -54.8. The van der Waals surface area contributed by atoms with Crippen LogP contribution in [0.3, 0.4) is 0 Å². The van der Waals surface area contributed by atoms with Crippen LogP contribution in [0.15, 0.2) is 0 Å². The van der Waals surface area contributed by atoms with Crippen LogP contribution in [0, 0.1) is 0 Å². The summed E-state index contributed by atoms with van der Waals surface area (Å²) in [6, 6.07) is 0. The Balaban J connectivity index is 0. The zero-order chi connectivity index (χ0) is 35.3. The largest absolute Gasteiger partial charge is 1.00 e. The van der Waals surface area contributed by atoms with Gasteiger partial charge in [-0.15, -0.1) is 0 Å². The van der Waals surface area contributed by atoms with Crippen molar-refractivity contribution in [1.29, 1.82) is 0 Å². The van der Waals surface area contributed by atoms with E-state index in [0.29, 0.717) is 0 Å². The second-order valence-corrected chi connectivity index (χ2v) is 12.3. The number of hydrogen-bond donors (Lipinski definition) is 1. The van der Waals surface area contributed by atoms with E-state index in [9.17, 15) is 101 Å². The van der Waals surface area contributed by atoms with Crippen LogP contribution >= 0.6 is 0 Å². The summed E-state index contributed by atoms with van der Waals surface area (Å²) in [5, 5.41) is 1.59. The van der Waals surface area contributed by atoms with E-state index in [1.807, 2.05) is 0 Å². The summed E-state index contributed by atoms with van der Waals surface area (Å²) in [6.45, 7) is -4.28. The van der Waals surface area contributed by atoms with Crippen LogP contribution in [-0.2, 0) is 20.1 Å². The van der Waals surface area contributed by atoms with E-state index >= 15 is 0 Å². The smallest absolute Gasteiger partial charge is 0.748 e. The van der Waals surface area contributed by atoms with Gasteiger partial charge in [0.25, 0.3) is 10.0 Å². The van der Waals surface area contributed by atoms with Gasteiger partial charge in [-0.05, 0) is 27.1 Å². The van der Waals surface area contributed by atoms with Gasteiger partial charge in [-0.25, -0.2) is 16.8 Å². The van der Waals surface area contributed by atoms with E-state index in [-0.39, 0.29) is 29.6 Å². The number of hydrogen-bond acceptors (Lipinski definition) is 7. The molecular weight excluding hydrogens is 726 g/mol. The molecule has 1 N–H and O–H groups in total. The number of alkyl halides is 17. The summed E-state index contributed by atoms with van der Waals surface area (Å²) in [4.78, 5) is 1.09. The minimum atomic E-state index is -9.02. The average Bonchev–Trinajstić information content (AvgIpc) is 2.75. The Morgan fingerprint density at radius 1 is 0.636 bits per heavy atom. The molecule has 0 saturated carbocycles. The second-order valence-electron chi connectivity index (χ2n) is 8.86. The molecule has 0 saturated heterocycles. The molecule has 0 aromatic carbocycles. The van der Waals surface area contributed by atoms with E-state index in [1.54, 1.807) is 0 Å². The molecule has 28 heteroatoms. The summed E-state index contributed by atoms with van der Waals surface area (Å²) in [5.41, 5.74) is 0. The monoisotopic (exact) mass is 744 g/mol. The van der Waals surface area contributed by atoms with Crippen molar-refractivity contribution in [2.24, 2.45) is 0 Å². The second kappa shape index (κ2) is 13.6. The summed E-state index contributed by atoms with van der Waals surface area (Å²) in [7, 11) is -11.0. The molecule has 0 aromatic heterocycles. The van der Waals surface area contributed by atoms with Gasteiger partial charge in [0.15, 0.2) is 0 Å². The molecule has 0 aliphatic carbocycles. The number of nitrogens with zero attached hydrogens (tertiary/aromatic N) is 2. The fourth-order valence-corrected chi connectivity index (χ4v) is 4.96. The minimum Gasteiger partial charge on any atom is -0.748 e. The first-order valence-electron chi connectivity index (χ1n) is 10.4. The number of halogens is 17. The average molecular weight is 744 g/mol. The Morgan fingerprint density at radius 3 is 1.30 bits per heavy atom. The zero-order valence-corrected chi connectivity index (χ0v) is 25.4. The summed E-state index contributed by atoms with van der Waals surface area (Å²) >= 11 is 0. The van der Waals surface area contributed by atoms with Crippen LogP contribution in [-0.4, -0.2) is 128 Å².